The molecule has 0 amide bonds. The number of pyridine rings is 1. The Bertz CT molecular complexity index is 2630. The molecule has 0 fully saturated rings. The number of nitrogens with one attached hydrogen (secondary N) is 3. The molecule has 2 atom stereocenters. The van der Waals surface area contributed by atoms with Gasteiger partial charge in [0, 0.05) is 34.0 Å². The largest absolute Gasteiger partial charge is 0.497 e. The van der Waals surface area contributed by atoms with Gasteiger partial charge in [0.15, 0.2) is 0 Å². The molecule has 0 aliphatic carbocycles. The quantitative estimate of drug-likeness (QED) is 0.0677. The van der Waals surface area contributed by atoms with Crippen LogP contribution in [-0.2, 0) is 0 Å². The van der Waals surface area contributed by atoms with E-state index in [1.54, 1.807) is 14.2 Å². The van der Waals surface area contributed by atoms with E-state index in [2.05, 4.69) is 67.1 Å². The lowest BCUT2D eigenvalue weighted by Crippen LogP contribution is -2.59. The molecule has 2 aromatic heterocycles. The lowest BCUT2D eigenvalue weighted by molar-refractivity contribution is 0.292. The summed E-state index contributed by atoms with van der Waals surface area (Å²) < 4.78 is 12.9. The van der Waals surface area contributed by atoms with Crippen LogP contribution in [0, 0.1) is 0 Å². The van der Waals surface area contributed by atoms with Gasteiger partial charge in [-0.15, -0.1) is 0 Å². The molecule has 4 aromatic carbocycles. The van der Waals surface area contributed by atoms with Gasteiger partial charge >= 0.3 is 0 Å². The Kier molecular flexibility index (Phi) is 16.0. The van der Waals surface area contributed by atoms with Crippen molar-refractivity contribution < 1.29 is 9.47 Å². The van der Waals surface area contributed by atoms with Crippen LogP contribution in [0.4, 0.5) is 0 Å². The van der Waals surface area contributed by atoms with Crippen LogP contribution in [0.2, 0.25) is 0 Å². The standard InChI is InChI=1S/C51H65N7O4/c1-9-56(10-2)31-19-21-35(5)52-47(37-23-17-25-39(33-37)61-7)45-46(48(38-24-18-26-40(34-38)62-8)53-36(6)22-20-32-57(11-3)12-4)51(60)58(55-50(45)59)49-41-27-13-15-29-43(41)54-44-30-16-14-28-42(44)49/h13-18,23-30,33-36,52-53H,9-12,19-22,31-32H2,1-8H3,(H,55,59)/b47-45-,48-46-. The lowest BCUT2D eigenvalue weighted by Gasteiger charge is -2.23. The maximum Gasteiger partial charge on any atom is 0.280 e. The first-order valence-electron chi connectivity index (χ1n) is 22.3. The third-order valence-electron chi connectivity index (χ3n) is 11.9. The number of nitrogens with zero attached hydrogens (tertiary/aromatic N) is 4. The van der Waals surface area contributed by atoms with Crippen LogP contribution in [0.15, 0.2) is 107 Å². The van der Waals surface area contributed by atoms with Gasteiger partial charge in [0.2, 0.25) is 0 Å². The molecule has 0 bridgehead atoms. The van der Waals surface area contributed by atoms with E-state index in [4.69, 9.17) is 14.5 Å². The second-order valence-electron chi connectivity index (χ2n) is 16.0. The number of fused-ring (bicyclic) bond motifs is 2. The maximum absolute atomic E-state index is 16.0. The van der Waals surface area contributed by atoms with E-state index < -0.39 is 11.1 Å². The molecule has 0 aliphatic rings. The molecule has 328 valence electrons. The third kappa shape index (κ3) is 10.6. The Morgan fingerprint density at radius 3 is 1.55 bits per heavy atom. The zero-order chi connectivity index (χ0) is 44.2. The number of aromatic nitrogens is 3. The molecular weight excluding hydrogens is 775 g/mol. The van der Waals surface area contributed by atoms with Gasteiger partial charge in [0.1, 0.15) is 11.5 Å². The highest BCUT2D eigenvalue weighted by atomic mass is 16.5. The van der Waals surface area contributed by atoms with Crippen molar-refractivity contribution in [1.82, 2.24) is 35.2 Å². The average Bonchev–Trinajstić information content (AvgIpc) is 3.30. The molecule has 2 heterocycles. The molecule has 11 heteroatoms. The van der Waals surface area contributed by atoms with Crippen LogP contribution in [0.25, 0.3) is 38.9 Å². The van der Waals surface area contributed by atoms with E-state index >= 15 is 9.59 Å². The second-order valence-corrected chi connectivity index (χ2v) is 16.0. The summed E-state index contributed by atoms with van der Waals surface area (Å²) in [5.41, 5.74) is 3.68. The highest BCUT2D eigenvalue weighted by molar-refractivity contribution is 6.03. The molecule has 0 spiro atoms. The monoisotopic (exact) mass is 840 g/mol. The lowest BCUT2D eigenvalue weighted by atomic mass is 10.0. The molecule has 11 nitrogen and oxygen atoms in total. The molecule has 0 aliphatic heterocycles. The SMILES string of the molecule is CCN(CC)CCCC(C)N/C(c1cccc(OC)c1)=c1\c(=O)[nH]n(-c2c3ccccc3nc3ccccc23)c(=O)\c1=C(/NC(C)CCCN(CC)CC)c1cccc(OC)c1. The van der Waals surface area contributed by atoms with Crippen LogP contribution in [0.5, 0.6) is 11.5 Å². The Morgan fingerprint density at radius 2 is 1.10 bits per heavy atom. The summed E-state index contributed by atoms with van der Waals surface area (Å²) in [7, 11) is 3.26. The predicted octanol–water partition coefficient (Wildman–Crippen LogP) is 6.76. The molecule has 0 saturated heterocycles. The highest BCUT2D eigenvalue weighted by Crippen LogP contribution is 2.28. The molecule has 3 N–H and O–H groups in total. The Balaban J connectivity index is 1.76. The summed E-state index contributed by atoms with van der Waals surface area (Å²) in [6.07, 6.45) is 3.60. The third-order valence-corrected chi connectivity index (χ3v) is 11.9. The summed E-state index contributed by atoms with van der Waals surface area (Å²) in [4.78, 5) is 41.2. The van der Waals surface area contributed by atoms with Gasteiger partial charge in [0.05, 0.1) is 52.8 Å². The normalized spacial score (nSPS) is 13.6. The van der Waals surface area contributed by atoms with Crippen molar-refractivity contribution in [2.45, 2.75) is 79.3 Å². The molecule has 0 radical (unpaired) electrons. The maximum atomic E-state index is 16.0. The predicted molar refractivity (Wildman–Crippen MR) is 255 cm³/mol. The number of ether oxygens (including phenoxy) is 2. The van der Waals surface area contributed by atoms with Crippen molar-refractivity contribution >= 4 is 33.2 Å². The molecule has 6 aromatic rings. The van der Waals surface area contributed by atoms with E-state index in [-0.39, 0.29) is 22.5 Å². The summed E-state index contributed by atoms with van der Waals surface area (Å²) in [5, 5.41) is 12.6. The van der Waals surface area contributed by atoms with E-state index in [9.17, 15) is 0 Å². The number of rotatable bonds is 21. The van der Waals surface area contributed by atoms with Gasteiger partial charge in [-0.2, -0.15) is 0 Å². The summed E-state index contributed by atoms with van der Waals surface area (Å²) >= 11 is 0. The van der Waals surface area contributed by atoms with Crippen LogP contribution in [0.1, 0.15) is 78.4 Å². The van der Waals surface area contributed by atoms with Gasteiger partial charge in [-0.3, -0.25) is 14.7 Å². The minimum absolute atomic E-state index is 0.0539. The number of H-pyrrole nitrogens is 1. The van der Waals surface area contributed by atoms with Gasteiger partial charge in [-0.1, -0.05) is 88.4 Å². The van der Waals surface area contributed by atoms with Crippen molar-refractivity contribution in [1.29, 1.82) is 0 Å². The van der Waals surface area contributed by atoms with Crippen LogP contribution < -0.4 is 41.7 Å². The van der Waals surface area contributed by atoms with E-state index in [0.29, 0.717) is 39.6 Å². The molecule has 62 heavy (non-hydrogen) atoms. The molecular formula is C51H65N7O4. The Morgan fingerprint density at radius 1 is 0.645 bits per heavy atom. The molecule has 0 saturated carbocycles. The molecule has 2 unspecified atom stereocenters. The average molecular weight is 840 g/mol. The fraction of sp³-hybridized carbons (Fsp3) is 0.392. The van der Waals surface area contributed by atoms with Crippen LogP contribution in [0.3, 0.4) is 0 Å². The smallest absolute Gasteiger partial charge is 0.280 e. The number of para-hydroxylation sites is 2. The number of hydrogen-bond donors (Lipinski definition) is 3. The van der Waals surface area contributed by atoms with Gasteiger partial charge < -0.3 is 29.9 Å². The Labute approximate surface area is 366 Å². The minimum Gasteiger partial charge on any atom is -0.497 e. The van der Waals surface area contributed by atoms with Gasteiger partial charge in [-0.05, 0) is 115 Å². The van der Waals surface area contributed by atoms with Gasteiger partial charge in [0.25, 0.3) is 11.1 Å². The second kappa shape index (κ2) is 21.7. The van der Waals surface area contributed by atoms with Crippen LogP contribution >= 0.6 is 0 Å². The first-order chi connectivity index (χ1) is 30.1. The number of hydrogen-bond acceptors (Lipinski definition) is 9. The van der Waals surface area contributed by atoms with Crippen LogP contribution in [-0.4, -0.2) is 90.1 Å². The van der Waals surface area contributed by atoms with Crippen molar-refractivity contribution in [3.05, 3.63) is 139 Å². The Hall–Kier alpha value is -5.91. The van der Waals surface area contributed by atoms with Crippen molar-refractivity contribution in [3.8, 4) is 17.2 Å². The number of aromatic amines is 1. The fourth-order valence-electron chi connectivity index (χ4n) is 8.34. The zero-order valence-electron chi connectivity index (χ0n) is 37.9. The first kappa shape index (κ1) is 45.6. The number of methoxy groups -OCH3 is 2. The van der Waals surface area contributed by atoms with Crippen molar-refractivity contribution in [2.24, 2.45) is 0 Å². The first-order valence-corrected chi connectivity index (χ1v) is 22.3. The van der Waals surface area contributed by atoms with E-state index in [1.807, 2.05) is 97.1 Å². The zero-order valence-corrected chi connectivity index (χ0v) is 37.9. The van der Waals surface area contributed by atoms with E-state index in [0.717, 1.165) is 86.9 Å². The van der Waals surface area contributed by atoms with Gasteiger partial charge in [-0.25, -0.2) is 9.67 Å². The number of benzene rings is 4. The van der Waals surface area contributed by atoms with E-state index in [1.165, 1.54) is 4.68 Å². The van der Waals surface area contributed by atoms with Crippen molar-refractivity contribution in [2.75, 3.05) is 53.5 Å². The summed E-state index contributed by atoms with van der Waals surface area (Å²) in [6, 6.07) is 30.7. The summed E-state index contributed by atoms with van der Waals surface area (Å²) in [5.74, 6) is 1.26. The highest BCUT2D eigenvalue weighted by Gasteiger charge is 2.22. The fourth-order valence-corrected chi connectivity index (χ4v) is 8.34. The topological polar surface area (TPSA) is 117 Å². The van der Waals surface area contributed by atoms with Crippen molar-refractivity contribution in [3.63, 3.8) is 0 Å². The summed E-state index contributed by atoms with van der Waals surface area (Å²) in [6.45, 7) is 18.9. The molecule has 6 rings (SSSR count). The minimum atomic E-state index is -0.429.